The summed E-state index contributed by atoms with van der Waals surface area (Å²) in [5.41, 5.74) is 0. The van der Waals surface area contributed by atoms with Gasteiger partial charge in [0.25, 0.3) is 0 Å². The molecule has 0 aliphatic heterocycles. The van der Waals surface area contributed by atoms with E-state index in [0.717, 1.165) is 11.3 Å². The normalized spacial score (nSPS) is 10.1. The Morgan fingerprint density at radius 3 is 2.80 bits per heavy atom. The second-order valence-electron chi connectivity index (χ2n) is 4.39. The lowest BCUT2D eigenvalue weighted by Crippen LogP contribution is -2.39. The highest BCUT2D eigenvalue weighted by molar-refractivity contribution is 8.00. The van der Waals surface area contributed by atoms with Gasteiger partial charge in [-0.15, -0.1) is 11.8 Å². The van der Waals surface area contributed by atoms with Crippen molar-refractivity contribution in [1.82, 2.24) is 10.2 Å². The quantitative estimate of drug-likeness (QED) is 0.748. The van der Waals surface area contributed by atoms with Gasteiger partial charge < -0.3 is 15.3 Å². The maximum atomic E-state index is 11.9. The number of likely N-dealkylation sites (N-methyl/N-ethyl adjacent to an activating group) is 1. The fourth-order valence-electron chi connectivity index (χ4n) is 1.45. The second kappa shape index (κ2) is 8.47. The van der Waals surface area contributed by atoms with Gasteiger partial charge in [0.15, 0.2) is 0 Å². The highest BCUT2D eigenvalue weighted by Gasteiger charge is 2.12. The first kappa shape index (κ1) is 16.4. The maximum Gasteiger partial charge on any atom is 0.239 e. The molecular weight excluding hydrogens is 276 g/mol. The lowest BCUT2D eigenvalue weighted by molar-refractivity contribution is -0.132. The van der Waals surface area contributed by atoms with Crippen molar-refractivity contribution >= 4 is 23.6 Å². The minimum Gasteiger partial charge on any atom is -0.508 e. The number of hydrogen-bond acceptors (Lipinski definition) is 4. The largest absolute Gasteiger partial charge is 0.508 e. The zero-order chi connectivity index (χ0) is 15.0. The van der Waals surface area contributed by atoms with Crippen molar-refractivity contribution in [2.24, 2.45) is 0 Å². The molecule has 2 amide bonds. The van der Waals surface area contributed by atoms with E-state index in [0.29, 0.717) is 6.54 Å². The van der Waals surface area contributed by atoms with Crippen LogP contribution in [-0.4, -0.2) is 47.7 Å². The van der Waals surface area contributed by atoms with Crippen LogP contribution in [0.25, 0.3) is 0 Å². The van der Waals surface area contributed by atoms with Gasteiger partial charge in [0, 0.05) is 18.5 Å². The zero-order valence-electron chi connectivity index (χ0n) is 11.8. The van der Waals surface area contributed by atoms with Crippen molar-refractivity contribution in [2.45, 2.75) is 18.2 Å². The van der Waals surface area contributed by atoms with Crippen LogP contribution in [0.3, 0.4) is 0 Å². The van der Waals surface area contributed by atoms with Crippen molar-refractivity contribution in [3.63, 3.8) is 0 Å². The SMILES string of the molecule is CCCNC(=O)CN(C)C(=O)CSc1cccc(O)c1. The van der Waals surface area contributed by atoms with Crippen LogP contribution in [0.5, 0.6) is 5.75 Å². The predicted molar refractivity (Wildman–Crippen MR) is 79.8 cm³/mol. The minimum absolute atomic E-state index is 0.0689. The van der Waals surface area contributed by atoms with Crippen molar-refractivity contribution < 1.29 is 14.7 Å². The Balaban J connectivity index is 2.36. The Bertz CT molecular complexity index is 465. The first-order chi connectivity index (χ1) is 9.52. The second-order valence-corrected chi connectivity index (χ2v) is 5.43. The number of aromatic hydroxyl groups is 1. The first-order valence-electron chi connectivity index (χ1n) is 6.45. The Kier molecular flexibility index (Phi) is 6.93. The molecule has 1 rings (SSSR count). The van der Waals surface area contributed by atoms with Crippen LogP contribution in [0, 0.1) is 0 Å². The van der Waals surface area contributed by atoms with Gasteiger partial charge in [-0.25, -0.2) is 0 Å². The number of nitrogens with zero attached hydrogens (tertiary/aromatic N) is 1. The van der Waals surface area contributed by atoms with Crippen LogP contribution in [0.15, 0.2) is 29.2 Å². The van der Waals surface area contributed by atoms with Crippen molar-refractivity contribution in [2.75, 3.05) is 25.9 Å². The number of hydrogen-bond donors (Lipinski definition) is 2. The maximum absolute atomic E-state index is 11.9. The summed E-state index contributed by atoms with van der Waals surface area (Å²) in [5, 5.41) is 12.1. The van der Waals surface area contributed by atoms with E-state index >= 15 is 0 Å². The molecule has 5 nitrogen and oxygen atoms in total. The number of benzene rings is 1. The monoisotopic (exact) mass is 296 g/mol. The molecule has 0 saturated carbocycles. The van der Waals surface area contributed by atoms with Gasteiger partial charge in [-0.3, -0.25) is 9.59 Å². The molecule has 0 radical (unpaired) electrons. The summed E-state index contributed by atoms with van der Waals surface area (Å²) in [4.78, 5) is 25.6. The number of thioether (sulfide) groups is 1. The van der Waals surface area contributed by atoms with Gasteiger partial charge in [-0.2, -0.15) is 0 Å². The molecule has 2 N–H and O–H groups in total. The standard InChI is InChI=1S/C14H20N2O3S/c1-3-7-15-13(18)9-16(2)14(19)10-20-12-6-4-5-11(17)8-12/h4-6,8,17H,3,7,9-10H2,1-2H3,(H,15,18). The van der Waals surface area contributed by atoms with Crippen LogP contribution in [0.2, 0.25) is 0 Å². The van der Waals surface area contributed by atoms with Crippen LogP contribution < -0.4 is 5.32 Å². The van der Waals surface area contributed by atoms with Crippen LogP contribution >= 0.6 is 11.8 Å². The predicted octanol–water partition coefficient (Wildman–Crippen LogP) is 1.47. The summed E-state index contributed by atoms with van der Waals surface area (Å²) in [7, 11) is 1.61. The molecule has 0 saturated heterocycles. The molecule has 0 bridgehead atoms. The molecule has 0 aromatic heterocycles. The summed E-state index contributed by atoms with van der Waals surface area (Å²) in [6, 6.07) is 6.73. The first-order valence-corrected chi connectivity index (χ1v) is 7.44. The van der Waals surface area contributed by atoms with Crippen molar-refractivity contribution in [3.05, 3.63) is 24.3 Å². The van der Waals surface area contributed by atoms with E-state index in [2.05, 4.69) is 5.32 Å². The lowest BCUT2D eigenvalue weighted by atomic mass is 10.3. The average Bonchev–Trinajstić information content (AvgIpc) is 2.42. The molecule has 6 heteroatoms. The van der Waals surface area contributed by atoms with E-state index in [4.69, 9.17) is 0 Å². The minimum atomic E-state index is -0.148. The third kappa shape index (κ3) is 5.97. The van der Waals surface area contributed by atoms with Crippen molar-refractivity contribution in [1.29, 1.82) is 0 Å². The number of phenolic OH excluding ortho intramolecular Hbond substituents is 1. The lowest BCUT2D eigenvalue weighted by Gasteiger charge is -2.16. The molecule has 0 spiro atoms. The van der Waals surface area contributed by atoms with Crippen LogP contribution in [0.4, 0.5) is 0 Å². The molecular formula is C14H20N2O3S. The molecule has 20 heavy (non-hydrogen) atoms. The third-order valence-electron chi connectivity index (χ3n) is 2.56. The van der Waals surface area contributed by atoms with E-state index in [1.807, 2.05) is 13.0 Å². The third-order valence-corrected chi connectivity index (χ3v) is 3.54. The molecule has 0 aliphatic rings. The number of amides is 2. The summed E-state index contributed by atoms with van der Waals surface area (Å²) < 4.78 is 0. The fraction of sp³-hybridized carbons (Fsp3) is 0.429. The summed E-state index contributed by atoms with van der Waals surface area (Å²) in [6.07, 6.45) is 0.872. The van der Waals surface area contributed by atoms with Crippen LogP contribution in [-0.2, 0) is 9.59 Å². The average molecular weight is 296 g/mol. The molecule has 0 heterocycles. The van der Waals surface area contributed by atoms with E-state index in [9.17, 15) is 14.7 Å². The Labute approximate surface area is 123 Å². The van der Waals surface area contributed by atoms with Crippen LogP contribution in [0.1, 0.15) is 13.3 Å². The van der Waals surface area contributed by atoms with Gasteiger partial charge in [0.2, 0.25) is 11.8 Å². The Morgan fingerprint density at radius 1 is 1.40 bits per heavy atom. The van der Waals surface area contributed by atoms with E-state index in [1.165, 1.54) is 16.7 Å². The summed E-state index contributed by atoms with van der Waals surface area (Å²) in [5.74, 6) is 0.144. The number of carbonyl (C=O) groups excluding carboxylic acids is 2. The molecule has 1 aromatic rings. The van der Waals surface area contributed by atoms with E-state index in [1.54, 1.807) is 25.2 Å². The Hall–Kier alpha value is -1.69. The van der Waals surface area contributed by atoms with Crippen molar-refractivity contribution in [3.8, 4) is 5.75 Å². The van der Waals surface area contributed by atoms with Gasteiger partial charge in [-0.05, 0) is 24.6 Å². The van der Waals surface area contributed by atoms with Gasteiger partial charge in [0.1, 0.15) is 5.75 Å². The molecule has 0 fully saturated rings. The summed E-state index contributed by atoms with van der Waals surface area (Å²) in [6.45, 7) is 2.67. The molecule has 110 valence electrons. The number of nitrogens with one attached hydrogen (secondary N) is 1. The summed E-state index contributed by atoms with van der Waals surface area (Å²) >= 11 is 1.33. The zero-order valence-corrected chi connectivity index (χ0v) is 12.6. The Morgan fingerprint density at radius 2 is 2.15 bits per heavy atom. The topological polar surface area (TPSA) is 69.6 Å². The highest BCUT2D eigenvalue weighted by Crippen LogP contribution is 2.22. The molecule has 0 unspecified atom stereocenters. The fourth-order valence-corrected chi connectivity index (χ4v) is 2.34. The highest BCUT2D eigenvalue weighted by atomic mass is 32.2. The van der Waals surface area contributed by atoms with E-state index in [-0.39, 0.29) is 29.9 Å². The number of carbonyl (C=O) groups is 2. The van der Waals surface area contributed by atoms with E-state index < -0.39 is 0 Å². The molecule has 0 aliphatic carbocycles. The number of phenols is 1. The molecule has 1 aromatic carbocycles. The van der Waals surface area contributed by atoms with Gasteiger partial charge in [0.05, 0.1) is 12.3 Å². The molecule has 0 atom stereocenters. The smallest absolute Gasteiger partial charge is 0.239 e. The van der Waals surface area contributed by atoms with Gasteiger partial charge in [-0.1, -0.05) is 13.0 Å². The van der Waals surface area contributed by atoms with Gasteiger partial charge >= 0.3 is 0 Å². The number of rotatable bonds is 7.